The Balaban J connectivity index is 1.70. The second-order valence-corrected chi connectivity index (χ2v) is 6.32. The average molecular weight is 349 g/mol. The van der Waals surface area contributed by atoms with Crippen LogP contribution in [0.1, 0.15) is 29.5 Å². The minimum absolute atomic E-state index is 0.00286. The number of nitrogens with one attached hydrogen (secondary N) is 1. The third-order valence-corrected chi connectivity index (χ3v) is 4.80. The van der Waals surface area contributed by atoms with Crippen molar-refractivity contribution in [3.05, 3.63) is 71.6 Å². The van der Waals surface area contributed by atoms with Crippen molar-refractivity contribution in [2.24, 2.45) is 5.92 Å². The molecule has 4 rings (SSSR count). The molecule has 25 heavy (non-hydrogen) atoms. The van der Waals surface area contributed by atoms with Gasteiger partial charge in [0, 0.05) is 11.6 Å². The summed E-state index contributed by atoms with van der Waals surface area (Å²) in [6.45, 7) is 0. The summed E-state index contributed by atoms with van der Waals surface area (Å²) < 4.78 is 54.7. The lowest BCUT2D eigenvalue weighted by Crippen LogP contribution is -2.29. The van der Waals surface area contributed by atoms with Crippen molar-refractivity contribution in [3.63, 3.8) is 0 Å². The van der Waals surface area contributed by atoms with Gasteiger partial charge < -0.3 is 10.1 Å². The van der Waals surface area contributed by atoms with Crippen LogP contribution in [-0.4, -0.2) is 6.36 Å². The topological polar surface area (TPSA) is 21.3 Å². The molecule has 1 N–H and O–H groups in total. The Morgan fingerprint density at radius 1 is 1.04 bits per heavy atom. The van der Waals surface area contributed by atoms with Crippen molar-refractivity contribution < 1.29 is 22.3 Å². The number of allylic oxidation sites excluding steroid dienone is 2. The Bertz CT molecular complexity index is 813. The Morgan fingerprint density at radius 3 is 2.52 bits per heavy atom. The van der Waals surface area contributed by atoms with E-state index in [0.29, 0.717) is 0 Å². The van der Waals surface area contributed by atoms with Crippen LogP contribution in [-0.2, 0) is 0 Å². The number of benzene rings is 2. The summed E-state index contributed by atoms with van der Waals surface area (Å²) in [6.07, 6.45) is 0.166. The number of alkyl halides is 3. The number of anilines is 1. The van der Waals surface area contributed by atoms with Gasteiger partial charge >= 0.3 is 6.36 Å². The van der Waals surface area contributed by atoms with Gasteiger partial charge in [0.1, 0.15) is 11.6 Å². The van der Waals surface area contributed by atoms with Gasteiger partial charge in [-0.1, -0.05) is 24.3 Å². The SMILES string of the molecule is Fc1ccc([C@H]2Nc3ccc(OC(F)(F)F)cc3[C@H]3C=CC[C@H]32)cc1. The van der Waals surface area contributed by atoms with E-state index in [4.69, 9.17) is 0 Å². The highest BCUT2D eigenvalue weighted by Gasteiger charge is 2.39. The van der Waals surface area contributed by atoms with Gasteiger partial charge in [0.05, 0.1) is 6.04 Å². The van der Waals surface area contributed by atoms with Gasteiger partial charge in [0.15, 0.2) is 0 Å². The van der Waals surface area contributed by atoms with Crippen molar-refractivity contribution in [1.82, 2.24) is 0 Å². The van der Waals surface area contributed by atoms with Gasteiger partial charge in [-0.05, 0) is 53.8 Å². The molecule has 0 spiro atoms. The van der Waals surface area contributed by atoms with Crippen molar-refractivity contribution in [2.45, 2.75) is 24.7 Å². The van der Waals surface area contributed by atoms with Crippen LogP contribution >= 0.6 is 0 Å². The molecule has 0 saturated carbocycles. The summed E-state index contributed by atoms with van der Waals surface area (Å²) in [6, 6.07) is 10.7. The molecule has 2 aromatic rings. The van der Waals surface area contributed by atoms with Crippen LogP contribution in [0.5, 0.6) is 5.75 Å². The summed E-state index contributed by atoms with van der Waals surface area (Å²) in [5.41, 5.74) is 2.52. The monoisotopic (exact) mass is 349 g/mol. The third kappa shape index (κ3) is 3.08. The van der Waals surface area contributed by atoms with E-state index in [1.807, 2.05) is 12.2 Å². The van der Waals surface area contributed by atoms with E-state index in [2.05, 4.69) is 10.1 Å². The van der Waals surface area contributed by atoms with E-state index in [1.165, 1.54) is 24.3 Å². The van der Waals surface area contributed by atoms with Gasteiger partial charge in [-0.15, -0.1) is 13.2 Å². The summed E-state index contributed by atoms with van der Waals surface area (Å²) in [5.74, 6) is -0.343. The van der Waals surface area contributed by atoms with Crippen molar-refractivity contribution >= 4 is 5.69 Å². The smallest absolute Gasteiger partial charge is 0.406 e. The number of ether oxygens (including phenoxy) is 1. The van der Waals surface area contributed by atoms with Crippen LogP contribution in [0, 0.1) is 11.7 Å². The molecule has 1 aliphatic heterocycles. The van der Waals surface area contributed by atoms with Crippen LogP contribution in [0.25, 0.3) is 0 Å². The van der Waals surface area contributed by atoms with E-state index >= 15 is 0 Å². The van der Waals surface area contributed by atoms with E-state index in [0.717, 1.165) is 23.2 Å². The molecule has 1 aliphatic carbocycles. The van der Waals surface area contributed by atoms with Crippen LogP contribution in [0.2, 0.25) is 0 Å². The zero-order valence-corrected chi connectivity index (χ0v) is 13.1. The lowest BCUT2D eigenvalue weighted by molar-refractivity contribution is -0.274. The number of halogens is 4. The fourth-order valence-corrected chi connectivity index (χ4v) is 3.77. The van der Waals surface area contributed by atoms with Crippen molar-refractivity contribution in [2.75, 3.05) is 5.32 Å². The molecule has 0 amide bonds. The standard InChI is InChI=1S/C19H15F4NO/c20-12-6-4-11(5-7-12)18-15-3-1-2-14(15)16-10-13(25-19(21,22)23)8-9-17(16)24-18/h1-2,4-10,14-15,18,24H,3H2/t14-,15+,18+/m0/s1. The normalized spacial score (nSPS) is 24.4. The second-order valence-electron chi connectivity index (χ2n) is 6.32. The first-order valence-corrected chi connectivity index (χ1v) is 7.99. The molecule has 2 aliphatic rings. The predicted molar refractivity (Wildman–Crippen MR) is 85.9 cm³/mol. The highest BCUT2D eigenvalue weighted by Crippen LogP contribution is 2.50. The first-order valence-electron chi connectivity index (χ1n) is 7.99. The molecule has 0 unspecified atom stereocenters. The third-order valence-electron chi connectivity index (χ3n) is 4.80. The number of fused-ring (bicyclic) bond motifs is 3. The molecule has 0 aromatic heterocycles. The van der Waals surface area contributed by atoms with E-state index in [-0.39, 0.29) is 29.4 Å². The minimum Gasteiger partial charge on any atom is -0.406 e. The molecule has 0 radical (unpaired) electrons. The molecule has 2 aromatic carbocycles. The molecular weight excluding hydrogens is 334 g/mol. The summed E-state index contributed by atoms with van der Waals surface area (Å²) >= 11 is 0. The lowest BCUT2D eigenvalue weighted by Gasteiger charge is -2.37. The van der Waals surface area contributed by atoms with Crippen LogP contribution < -0.4 is 10.1 Å². The van der Waals surface area contributed by atoms with Crippen molar-refractivity contribution in [1.29, 1.82) is 0 Å². The fourth-order valence-electron chi connectivity index (χ4n) is 3.77. The summed E-state index contributed by atoms with van der Waals surface area (Å²) in [5, 5.41) is 3.39. The Kier molecular flexibility index (Phi) is 3.71. The average Bonchev–Trinajstić information content (AvgIpc) is 3.03. The Labute approximate surface area is 142 Å². The van der Waals surface area contributed by atoms with E-state index in [1.54, 1.807) is 18.2 Å². The largest absolute Gasteiger partial charge is 0.573 e. The lowest BCUT2D eigenvalue weighted by atomic mass is 9.77. The Morgan fingerprint density at radius 2 is 1.80 bits per heavy atom. The molecular formula is C19H15F4NO. The molecule has 0 fully saturated rings. The first-order chi connectivity index (χ1) is 11.9. The number of hydrogen-bond acceptors (Lipinski definition) is 2. The van der Waals surface area contributed by atoms with Crippen molar-refractivity contribution in [3.8, 4) is 5.75 Å². The van der Waals surface area contributed by atoms with E-state index in [9.17, 15) is 17.6 Å². The molecule has 0 bridgehead atoms. The molecule has 6 heteroatoms. The zero-order chi connectivity index (χ0) is 17.6. The van der Waals surface area contributed by atoms with Gasteiger partial charge in [-0.2, -0.15) is 0 Å². The van der Waals surface area contributed by atoms with Gasteiger partial charge in [-0.3, -0.25) is 0 Å². The molecule has 0 saturated heterocycles. The highest BCUT2D eigenvalue weighted by molar-refractivity contribution is 5.61. The van der Waals surface area contributed by atoms with Crippen LogP contribution in [0.4, 0.5) is 23.2 Å². The first kappa shape index (κ1) is 16.0. The maximum Gasteiger partial charge on any atom is 0.573 e. The fraction of sp³-hybridized carbons (Fsp3) is 0.263. The van der Waals surface area contributed by atoms with Gasteiger partial charge in [0.25, 0.3) is 0 Å². The number of hydrogen-bond donors (Lipinski definition) is 1. The summed E-state index contributed by atoms with van der Waals surface area (Å²) in [7, 11) is 0. The van der Waals surface area contributed by atoms with Crippen LogP contribution in [0.15, 0.2) is 54.6 Å². The molecule has 130 valence electrons. The molecule has 2 nitrogen and oxygen atoms in total. The van der Waals surface area contributed by atoms with Crippen LogP contribution in [0.3, 0.4) is 0 Å². The summed E-state index contributed by atoms with van der Waals surface area (Å²) in [4.78, 5) is 0. The maximum absolute atomic E-state index is 13.2. The predicted octanol–water partition coefficient (Wildman–Crippen LogP) is 5.55. The van der Waals surface area contributed by atoms with Gasteiger partial charge in [0.2, 0.25) is 0 Å². The maximum atomic E-state index is 13.2. The quantitative estimate of drug-likeness (QED) is 0.567. The molecule has 3 atom stereocenters. The highest BCUT2D eigenvalue weighted by atomic mass is 19.4. The number of rotatable bonds is 2. The minimum atomic E-state index is -4.71. The second kappa shape index (κ2) is 5.79. The van der Waals surface area contributed by atoms with E-state index < -0.39 is 6.36 Å². The molecule has 1 heterocycles. The van der Waals surface area contributed by atoms with Gasteiger partial charge in [-0.25, -0.2) is 4.39 Å². The zero-order valence-electron chi connectivity index (χ0n) is 13.1. The Hall–Kier alpha value is -2.50.